The summed E-state index contributed by atoms with van der Waals surface area (Å²) in [6.07, 6.45) is 7.62. The third kappa shape index (κ3) is 5.40. The van der Waals surface area contributed by atoms with Gasteiger partial charge >= 0.3 is 6.03 Å². The number of anilines is 1. The molecule has 6 nitrogen and oxygen atoms in total. The number of nitrogens with one attached hydrogen (secondary N) is 2. The SMILES string of the molecule is C#Cc1ccc(C2(F)CCN(C(=O)c3ccc(C)c(NC(=O)NC4CCCOC4)c3)CC2)cc1. The Bertz CT molecular complexity index is 1080. The van der Waals surface area contributed by atoms with Crippen molar-refractivity contribution in [2.75, 3.05) is 31.6 Å². The van der Waals surface area contributed by atoms with Gasteiger partial charge in [-0.1, -0.05) is 24.1 Å². The van der Waals surface area contributed by atoms with Gasteiger partial charge in [0.2, 0.25) is 0 Å². The summed E-state index contributed by atoms with van der Waals surface area (Å²) in [6, 6.07) is 11.8. The third-order valence-electron chi connectivity index (χ3n) is 6.64. The van der Waals surface area contributed by atoms with Gasteiger partial charge < -0.3 is 20.3 Å². The van der Waals surface area contributed by atoms with Crippen molar-refractivity contribution in [1.82, 2.24) is 10.2 Å². The highest BCUT2D eigenvalue weighted by atomic mass is 19.1. The summed E-state index contributed by atoms with van der Waals surface area (Å²) in [4.78, 5) is 27.2. The molecule has 2 saturated heterocycles. The van der Waals surface area contributed by atoms with Crippen molar-refractivity contribution in [2.45, 2.75) is 44.3 Å². The molecule has 2 heterocycles. The predicted octanol–water partition coefficient (Wildman–Crippen LogP) is 4.38. The molecule has 3 amide bonds. The number of carbonyl (C=O) groups is 2. The Kier molecular flexibility index (Phi) is 7.18. The van der Waals surface area contributed by atoms with E-state index in [9.17, 15) is 9.59 Å². The van der Waals surface area contributed by atoms with Crippen LogP contribution in [0.4, 0.5) is 14.9 Å². The molecule has 2 N–H and O–H groups in total. The predicted molar refractivity (Wildman–Crippen MR) is 129 cm³/mol. The van der Waals surface area contributed by atoms with Gasteiger partial charge in [0.15, 0.2) is 0 Å². The van der Waals surface area contributed by atoms with Gasteiger partial charge in [0.05, 0.1) is 12.6 Å². The van der Waals surface area contributed by atoms with Gasteiger partial charge in [-0.2, -0.15) is 0 Å². The first-order chi connectivity index (χ1) is 16.4. The van der Waals surface area contributed by atoms with Crippen LogP contribution in [0, 0.1) is 19.3 Å². The summed E-state index contributed by atoms with van der Waals surface area (Å²) in [5, 5.41) is 5.76. The molecule has 2 fully saturated rings. The van der Waals surface area contributed by atoms with Gasteiger partial charge in [0.25, 0.3) is 5.91 Å². The molecule has 2 aromatic carbocycles. The monoisotopic (exact) mass is 463 g/mol. The molecule has 4 rings (SSSR count). The van der Waals surface area contributed by atoms with Crippen LogP contribution in [0.15, 0.2) is 42.5 Å². The number of alkyl halides is 1. The summed E-state index contributed by atoms with van der Waals surface area (Å²) in [5.41, 5.74) is 1.71. The van der Waals surface area contributed by atoms with E-state index >= 15 is 4.39 Å². The molecule has 0 radical (unpaired) electrons. The Labute approximate surface area is 199 Å². The Balaban J connectivity index is 1.38. The van der Waals surface area contributed by atoms with Gasteiger partial charge in [-0.15, -0.1) is 6.42 Å². The van der Waals surface area contributed by atoms with E-state index in [1.165, 1.54) is 0 Å². The first-order valence-corrected chi connectivity index (χ1v) is 11.7. The molecule has 2 aliphatic heterocycles. The second-order valence-corrected chi connectivity index (χ2v) is 9.02. The number of hydrogen-bond donors (Lipinski definition) is 2. The summed E-state index contributed by atoms with van der Waals surface area (Å²) in [5.74, 6) is 2.37. The van der Waals surface area contributed by atoms with Crippen molar-refractivity contribution in [3.63, 3.8) is 0 Å². The van der Waals surface area contributed by atoms with Crippen LogP contribution < -0.4 is 10.6 Å². The number of nitrogens with zero attached hydrogens (tertiary/aromatic N) is 1. The molecule has 178 valence electrons. The van der Waals surface area contributed by atoms with Gasteiger partial charge in [-0.05, 0) is 55.2 Å². The van der Waals surface area contributed by atoms with E-state index in [1.54, 1.807) is 41.3 Å². The lowest BCUT2D eigenvalue weighted by molar-refractivity contribution is 0.0421. The molecule has 1 atom stereocenters. The number of benzene rings is 2. The van der Waals surface area contributed by atoms with E-state index < -0.39 is 5.67 Å². The average Bonchev–Trinajstić information content (AvgIpc) is 2.86. The third-order valence-corrected chi connectivity index (χ3v) is 6.64. The van der Waals surface area contributed by atoms with Crippen molar-refractivity contribution in [3.05, 3.63) is 64.7 Å². The van der Waals surface area contributed by atoms with Crippen LogP contribution in [-0.2, 0) is 10.4 Å². The van der Waals surface area contributed by atoms with Crippen molar-refractivity contribution in [1.29, 1.82) is 0 Å². The van der Waals surface area contributed by atoms with Crippen LogP contribution >= 0.6 is 0 Å². The number of halogens is 1. The maximum atomic E-state index is 15.6. The van der Waals surface area contributed by atoms with E-state index in [-0.39, 0.29) is 30.8 Å². The second kappa shape index (κ2) is 10.3. The van der Waals surface area contributed by atoms with Crippen molar-refractivity contribution < 1.29 is 18.7 Å². The lowest BCUT2D eigenvalue weighted by Gasteiger charge is -2.37. The van der Waals surface area contributed by atoms with E-state index in [0.29, 0.717) is 42.1 Å². The standard InChI is InChI=1S/C27H30FN3O3/c1-3-20-7-10-22(11-8-20)27(28)12-14-31(15-13-27)25(32)21-9-6-19(2)24(17-21)30-26(33)29-23-5-4-16-34-18-23/h1,6-11,17,23H,4-5,12-16,18H2,2H3,(H2,29,30,33). The van der Waals surface area contributed by atoms with Crippen molar-refractivity contribution in [2.24, 2.45) is 0 Å². The van der Waals surface area contributed by atoms with Gasteiger partial charge in [-0.3, -0.25) is 4.79 Å². The number of carbonyl (C=O) groups excluding carboxylic acids is 2. The second-order valence-electron chi connectivity index (χ2n) is 9.02. The molecule has 7 heteroatoms. The molecule has 34 heavy (non-hydrogen) atoms. The highest BCUT2D eigenvalue weighted by Crippen LogP contribution is 2.37. The number of hydrogen-bond acceptors (Lipinski definition) is 3. The molecule has 2 aromatic rings. The number of amides is 3. The zero-order valence-electron chi connectivity index (χ0n) is 19.4. The zero-order valence-corrected chi connectivity index (χ0v) is 19.4. The first kappa shape index (κ1) is 23.8. The zero-order chi connectivity index (χ0) is 24.1. The summed E-state index contributed by atoms with van der Waals surface area (Å²) >= 11 is 0. The van der Waals surface area contributed by atoms with Gasteiger partial charge in [-0.25, -0.2) is 9.18 Å². The Morgan fingerprint density at radius 1 is 1.18 bits per heavy atom. The molecule has 0 aromatic heterocycles. The van der Waals surface area contributed by atoms with Gasteiger partial charge in [0.1, 0.15) is 5.67 Å². The van der Waals surface area contributed by atoms with Crippen LogP contribution in [0.3, 0.4) is 0 Å². The average molecular weight is 464 g/mol. The molecule has 0 aliphatic carbocycles. The number of ether oxygens (including phenoxy) is 1. The number of urea groups is 1. The highest BCUT2D eigenvalue weighted by Gasteiger charge is 2.37. The largest absolute Gasteiger partial charge is 0.379 e. The van der Waals surface area contributed by atoms with E-state index in [4.69, 9.17) is 11.2 Å². The van der Waals surface area contributed by atoms with Crippen LogP contribution in [-0.4, -0.2) is 49.2 Å². The summed E-state index contributed by atoms with van der Waals surface area (Å²) in [6.45, 7) is 3.72. The summed E-state index contributed by atoms with van der Waals surface area (Å²) in [7, 11) is 0. The molecular formula is C27H30FN3O3. The maximum Gasteiger partial charge on any atom is 0.319 e. The minimum Gasteiger partial charge on any atom is -0.379 e. The fourth-order valence-corrected chi connectivity index (χ4v) is 4.49. The lowest BCUT2D eigenvalue weighted by Crippen LogP contribution is -2.43. The molecule has 2 aliphatic rings. The fraction of sp³-hybridized carbons (Fsp3) is 0.407. The molecule has 0 saturated carbocycles. The fourth-order valence-electron chi connectivity index (χ4n) is 4.49. The van der Waals surface area contributed by atoms with Crippen LogP contribution in [0.2, 0.25) is 0 Å². The minimum atomic E-state index is -1.48. The normalized spacial score (nSPS) is 19.7. The Hall–Kier alpha value is -3.37. The summed E-state index contributed by atoms with van der Waals surface area (Å²) < 4.78 is 21.0. The van der Waals surface area contributed by atoms with Crippen LogP contribution in [0.25, 0.3) is 0 Å². The minimum absolute atomic E-state index is 0.0176. The first-order valence-electron chi connectivity index (χ1n) is 11.7. The van der Waals surface area contributed by atoms with Gasteiger partial charge in [0, 0.05) is 49.4 Å². The number of likely N-dealkylation sites (tertiary alicyclic amines) is 1. The van der Waals surface area contributed by atoms with E-state index in [0.717, 1.165) is 25.0 Å². The van der Waals surface area contributed by atoms with Crippen LogP contribution in [0.1, 0.15) is 52.7 Å². The quantitative estimate of drug-likeness (QED) is 0.662. The molecule has 0 bridgehead atoms. The van der Waals surface area contributed by atoms with E-state index in [1.807, 2.05) is 13.0 Å². The smallest absolute Gasteiger partial charge is 0.319 e. The van der Waals surface area contributed by atoms with Crippen molar-refractivity contribution >= 4 is 17.6 Å². The number of aryl methyl sites for hydroxylation is 1. The van der Waals surface area contributed by atoms with Crippen LogP contribution in [0.5, 0.6) is 0 Å². The molecular weight excluding hydrogens is 433 g/mol. The Morgan fingerprint density at radius 2 is 1.91 bits per heavy atom. The molecule has 0 spiro atoms. The topological polar surface area (TPSA) is 70.7 Å². The van der Waals surface area contributed by atoms with Crippen molar-refractivity contribution in [3.8, 4) is 12.3 Å². The lowest BCUT2D eigenvalue weighted by atomic mass is 9.85. The highest BCUT2D eigenvalue weighted by molar-refractivity contribution is 5.97. The number of terminal acetylenes is 1. The van der Waals surface area contributed by atoms with E-state index in [2.05, 4.69) is 16.6 Å². The molecule has 1 unspecified atom stereocenters. The Morgan fingerprint density at radius 3 is 2.56 bits per heavy atom. The number of rotatable bonds is 4. The maximum absolute atomic E-state index is 15.6. The number of piperidine rings is 1.